The molecule has 2 aliphatic rings. The van der Waals surface area contributed by atoms with Crippen LogP contribution in [-0.4, -0.2) is 48.4 Å². The lowest BCUT2D eigenvalue weighted by Gasteiger charge is -2.41. The molecule has 2 fully saturated rings. The van der Waals surface area contributed by atoms with Crippen LogP contribution in [0.3, 0.4) is 0 Å². The molecule has 1 aromatic carbocycles. The maximum Gasteiger partial charge on any atom is 0.141 e. The second-order valence-corrected chi connectivity index (χ2v) is 5.94. The average molecular weight is 276 g/mol. The van der Waals surface area contributed by atoms with Crippen LogP contribution in [0.4, 0.5) is 5.69 Å². The number of hydrogen-bond acceptors (Lipinski definition) is 4. The number of aliphatic hydroxyl groups excluding tert-OH is 1. The molecule has 0 amide bonds. The number of para-hydroxylation sites is 2. The minimum absolute atomic E-state index is 0.173. The van der Waals surface area contributed by atoms with Crippen molar-refractivity contribution >= 4 is 5.69 Å². The Morgan fingerprint density at radius 2 is 2.20 bits per heavy atom. The number of anilines is 1. The number of nitrogens with zero attached hydrogens (tertiary/aromatic N) is 1. The lowest BCUT2D eigenvalue weighted by Crippen LogP contribution is -2.54. The van der Waals surface area contributed by atoms with Gasteiger partial charge in [0.15, 0.2) is 0 Å². The van der Waals surface area contributed by atoms with Crippen LogP contribution in [0.2, 0.25) is 0 Å². The Bertz CT molecular complexity index is 466. The second-order valence-electron chi connectivity index (χ2n) is 5.94. The summed E-state index contributed by atoms with van der Waals surface area (Å²) in [6.45, 7) is 2.42. The molecule has 1 aromatic rings. The van der Waals surface area contributed by atoms with Crippen molar-refractivity contribution in [3.05, 3.63) is 24.3 Å². The maximum absolute atomic E-state index is 10.1. The molecule has 0 bridgehead atoms. The lowest BCUT2D eigenvalue weighted by molar-refractivity contribution is 0.123. The molecule has 2 heterocycles. The zero-order valence-corrected chi connectivity index (χ0v) is 12.1. The van der Waals surface area contributed by atoms with Crippen molar-refractivity contribution in [2.75, 3.05) is 32.1 Å². The SMILES string of the molecule is COc1ccccc1NC1(CO)CCN2CCCCC21. The largest absolute Gasteiger partial charge is 0.495 e. The number of aliphatic hydroxyl groups is 1. The van der Waals surface area contributed by atoms with Crippen molar-refractivity contribution < 1.29 is 9.84 Å². The van der Waals surface area contributed by atoms with Crippen LogP contribution in [0.25, 0.3) is 0 Å². The molecule has 2 aliphatic heterocycles. The van der Waals surface area contributed by atoms with E-state index in [1.165, 1.54) is 25.8 Å². The summed E-state index contributed by atoms with van der Waals surface area (Å²) in [5, 5.41) is 13.7. The minimum atomic E-state index is -0.227. The Labute approximate surface area is 120 Å². The monoisotopic (exact) mass is 276 g/mol. The van der Waals surface area contributed by atoms with Crippen LogP contribution >= 0.6 is 0 Å². The highest BCUT2D eigenvalue weighted by molar-refractivity contribution is 5.58. The zero-order valence-electron chi connectivity index (χ0n) is 12.1. The molecule has 4 nitrogen and oxygen atoms in total. The highest BCUT2D eigenvalue weighted by Crippen LogP contribution is 2.39. The number of benzene rings is 1. The molecule has 2 unspecified atom stereocenters. The van der Waals surface area contributed by atoms with Gasteiger partial charge in [-0.15, -0.1) is 0 Å². The predicted molar refractivity (Wildman–Crippen MR) is 80.3 cm³/mol. The third kappa shape index (κ3) is 2.27. The summed E-state index contributed by atoms with van der Waals surface area (Å²) in [5.74, 6) is 0.842. The Balaban J connectivity index is 1.86. The number of fused-ring (bicyclic) bond motifs is 1. The fraction of sp³-hybridized carbons (Fsp3) is 0.625. The molecule has 2 atom stereocenters. The lowest BCUT2D eigenvalue weighted by atomic mass is 9.85. The number of methoxy groups -OCH3 is 1. The Morgan fingerprint density at radius 3 is 3.00 bits per heavy atom. The Hall–Kier alpha value is -1.26. The quantitative estimate of drug-likeness (QED) is 0.884. The van der Waals surface area contributed by atoms with Crippen molar-refractivity contribution in [2.45, 2.75) is 37.3 Å². The van der Waals surface area contributed by atoms with Crippen molar-refractivity contribution in [1.82, 2.24) is 4.90 Å². The van der Waals surface area contributed by atoms with E-state index in [0.717, 1.165) is 24.4 Å². The van der Waals surface area contributed by atoms with Gasteiger partial charge in [0.25, 0.3) is 0 Å². The number of nitrogens with one attached hydrogen (secondary N) is 1. The van der Waals surface area contributed by atoms with Crippen molar-refractivity contribution in [1.29, 1.82) is 0 Å². The molecule has 20 heavy (non-hydrogen) atoms. The first-order valence-electron chi connectivity index (χ1n) is 7.55. The van der Waals surface area contributed by atoms with Crippen LogP contribution in [-0.2, 0) is 0 Å². The summed E-state index contributed by atoms with van der Waals surface area (Å²) in [6, 6.07) is 8.40. The molecule has 2 saturated heterocycles. The number of piperidine rings is 1. The van der Waals surface area contributed by atoms with E-state index in [4.69, 9.17) is 4.74 Å². The molecule has 4 heteroatoms. The molecule has 2 N–H and O–H groups in total. The highest BCUT2D eigenvalue weighted by atomic mass is 16.5. The molecule has 0 spiro atoms. The Morgan fingerprint density at radius 1 is 1.35 bits per heavy atom. The first-order chi connectivity index (χ1) is 9.79. The zero-order chi connectivity index (χ0) is 14.0. The van der Waals surface area contributed by atoms with Gasteiger partial charge in [-0.25, -0.2) is 0 Å². The topological polar surface area (TPSA) is 44.7 Å². The average Bonchev–Trinajstić information content (AvgIpc) is 2.87. The van der Waals surface area contributed by atoms with Crippen LogP contribution in [0.15, 0.2) is 24.3 Å². The summed E-state index contributed by atoms with van der Waals surface area (Å²) < 4.78 is 5.42. The smallest absolute Gasteiger partial charge is 0.141 e. The highest BCUT2D eigenvalue weighted by Gasteiger charge is 2.47. The van der Waals surface area contributed by atoms with E-state index in [1.54, 1.807) is 7.11 Å². The molecular formula is C16H24N2O2. The molecule has 0 aromatic heterocycles. The van der Waals surface area contributed by atoms with Crippen molar-refractivity contribution in [3.8, 4) is 5.75 Å². The van der Waals surface area contributed by atoms with Crippen LogP contribution in [0.1, 0.15) is 25.7 Å². The number of rotatable bonds is 4. The van der Waals surface area contributed by atoms with Gasteiger partial charge in [0.1, 0.15) is 5.75 Å². The maximum atomic E-state index is 10.1. The fourth-order valence-corrected chi connectivity index (χ4v) is 3.78. The summed E-state index contributed by atoms with van der Waals surface area (Å²) in [7, 11) is 1.69. The van der Waals surface area contributed by atoms with E-state index in [0.29, 0.717) is 6.04 Å². The second kappa shape index (κ2) is 5.62. The minimum Gasteiger partial charge on any atom is -0.495 e. The van der Waals surface area contributed by atoms with Crippen LogP contribution in [0, 0.1) is 0 Å². The van der Waals surface area contributed by atoms with E-state index in [2.05, 4.69) is 10.2 Å². The van der Waals surface area contributed by atoms with Gasteiger partial charge >= 0.3 is 0 Å². The molecular weight excluding hydrogens is 252 g/mol. The summed E-state index contributed by atoms with van der Waals surface area (Å²) >= 11 is 0. The van der Waals surface area contributed by atoms with Gasteiger partial charge in [0, 0.05) is 12.6 Å². The van der Waals surface area contributed by atoms with E-state index < -0.39 is 0 Å². The van der Waals surface area contributed by atoms with Crippen LogP contribution in [0.5, 0.6) is 5.75 Å². The normalized spacial score (nSPS) is 30.0. The molecule has 0 saturated carbocycles. The van der Waals surface area contributed by atoms with Gasteiger partial charge in [0.05, 0.1) is 24.9 Å². The predicted octanol–water partition coefficient (Wildman–Crippen LogP) is 2.10. The summed E-state index contributed by atoms with van der Waals surface area (Å²) in [5.41, 5.74) is 0.756. The molecule has 3 rings (SSSR count). The first kappa shape index (κ1) is 13.7. The standard InChI is InChI=1S/C16H24N2O2/c1-20-14-7-3-2-6-13(14)17-16(12-19)9-11-18-10-5-4-8-15(16)18/h2-3,6-7,15,17,19H,4-5,8-12H2,1H3. The van der Waals surface area contributed by atoms with Gasteiger partial charge in [-0.2, -0.15) is 0 Å². The Kier molecular flexibility index (Phi) is 3.85. The summed E-state index contributed by atoms with van der Waals surface area (Å²) in [4.78, 5) is 2.53. The van der Waals surface area contributed by atoms with Crippen molar-refractivity contribution in [3.63, 3.8) is 0 Å². The summed E-state index contributed by atoms with van der Waals surface area (Å²) in [6.07, 6.45) is 4.71. The first-order valence-corrected chi connectivity index (χ1v) is 7.55. The number of hydrogen-bond donors (Lipinski definition) is 2. The van der Waals surface area contributed by atoms with E-state index in [9.17, 15) is 5.11 Å². The van der Waals surface area contributed by atoms with E-state index in [1.807, 2.05) is 24.3 Å². The number of ether oxygens (including phenoxy) is 1. The third-order valence-corrected chi connectivity index (χ3v) is 4.87. The van der Waals surface area contributed by atoms with Gasteiger partial charge in [-0.3, -0.25) is 4.90 Å². The molecule has 0 aliphatic carbocycles. The molecule has 0 radical (unpaired) electrons. The van der Waals surface area contributed by atoms with Crippen molar-refractivity contribution in [2.24, 2.45) is 0 Å². The fourth-order valence-electron chi connectivity index (χ4n) is 3.78. The van der Waals surface area contributed by atoms with E-state index in [-0.39, 0.29) is 12.1 Å². The van der Waals surface area contributed by atoms with Crippen LogP contribution < -0.4 is 10.1 Å². The van der Waals surface area contributed by atoms with E-state index >= 15 is 0 Å². The van der Waals surface area contributed by atoms with Gasteiger partial charge in [0.2, 0.25) is 0 Å². The molecule has 110 valence electrons. The van der Waals surface area contributed by atoms with Gasteiger partial charge in [-0.1, -0.05) is 18.6 Å². The van der Waals surface area contributed by atoms with Gasteiger partial charge < -0.3 is 15.2 Å². The van der Waals surface area contributed by atoms with Gasteiger partial charge in [-0.05, 0) is 37.9 Å². The third-order valence-electron chi connectivity index (χ3n) is 4.87.